The van der Waals surface area contributed by atoms with Crippen LogP contribution in [-0.4, -0.2) is 13.7 Å². The third-order valence-corrected chi connectivity index (χ3v) is 3.65. The van der Waals surface area contributed by atoms with Crippen molar-refractivity contribution in [2.75, 3.05) is 13.7 Å². The summed E-state index contributed by atoms with van der Waals surface area (Å²) in [5.74, 6) is 2.01. The van der Waals surface area contributed by atoms with Gasteiger partial charge in [-0.3, -0.25) is 0 Å². The minimum absolute atomic E-state index is 0.480. The highest BCUT2D eigenvalue weighted by Crippen LogP contribution is 2.28. The SMILES string of the molecule is COc1cc(CCl)ccc1OCCCCc1ccccc1. The molecule has 0 radical (unpaired) electrons. The summed E-state index contributed by atoms with van der Waals surface area (Å²) in [4.78, 5) is 0. The highest BCUT2D eigenvalue weighted by Gasteiger charge is 2.05. The van der Waals surface area contributed by atoms with Gasteiger partial charge >= 0.3 is 0 Å². The van der Waals surface area contributed by atoms with Crippen LogP contribution in [0.15, 0.2) is 48.5 Å². The van der Waals surface area contributed by atoms with Crippen molar-refractivity contribution < 1.29 is 9.47 Å². The molecular formula is C18H21ClO2. The smallest absolute Gasteiger partial charge is 0.161 e. The number of hydrogen-bond donors (Lipinski definition) is 0. The van der Waals surface area contributed by atoms with Crippen LogP contribution in [-0.2, 0) is 12.3 Å². The predicted octanol–water partition coefficient (Wildman–Crippen LogP) is 4.84. The van der Waals surface area contributed by atoms with Crippen LogP contribution < -0.4 is 9.47 Å². The number of alkyl halides is 1. The Hall–Kier alpha value is -1.67. The molecule has 0 fully saturated rings. The van der Waals surface area contributed by atoms with E-state index in [9.17, 15) is 0 Å². The molecule has 21 heavy (non-hydrogen) atoms. The van der Waals surface area contributed by atoms with E-state index in [-0.39, 0.29) is 0 Å². The van der Waals surface area contributed by atoms with Crippen molar-refractivity contribution in [2.45, 2.75) is 25.1 Å². The van der Waals surface area contributed by atoms with Crippen LogP contribution in [0, 0.1) is 0 Å². The van der Waals surface area contributed by atoms with E-state index >= 15 is 0 Å². The van der Waals surface area contributed by atoms with E-state index in [1.165, 1.54) is 5.56 Å². The zero-order valence-electron chi connectivity index (χ0n) is 12.3. The first kappa shape index (κ1) is 15.7. The van der Waals surface area contributed by atoms with Gasteiger partial charge in [-0.15, -0.1) is 11.6 Å². The zero-order chi connectivity index (χ0) is 14.9. The number of ether oxygens (including phenoxy) is 2. The van der Waals surface area contributed by atoms with E-state index in [2.05, 4.69) is 24.3 Å². The summed E-state index contributed by atoms with van der Waals surface area (Å²) in [5, 5.41) is 0. The molecule has 0 atom stereocenters. The maximum atomic E-state index is 5.82. The van der Waals surface area contributed by atoms with E-state index in [1.807, 2.05) is 24.3 Å². The highest BCUT2D eigenvalue weighted by molar-refractivity contribution is 6.17. The maximum Gasteiger partial charge on any atom is 0.161 e. The summed E-state index contributed by atoms with van der Waals surface area (Å²) in [5.41, 5.74) is 2.41. The Bertz CT molecular complexity index is 540. The quantitative estimate of drug-likeness (QED) is 0.513. The molecule has 0 bridgehead atoms. The van der Waals surface area contributed by atoms with Crippen LogP contribution in [0.5, 0.6) is 11.5 Å². The molecule has 0 saturated carbocycles. The number of unbranched alkanes of at least 4 members (excludes halogenated alkanes) is 1. The normalized spacial score (nSPS) is 10.4. The molecule has 2 nitrogen and oxygen atoms in total. The van der Waals surface area contributed by atoms with Crippen molar-refractivity contribution in [3.05, 3.63) is 59.7 Å². The van der Waals surface area contributed by atoms with Gasteiger partial charge in [-0.1, -0.05) is 36.4 Å². The zero-order valence-corrected chi connectivity index (χ0v) is 13.1. The second-order valence-electron chi connectivity index (χ2n) is 4.91. The molecule has 112 valence electrons. The molecule has 2 aromatic rings. The summed E-state index contributed by atoms with van der Waals surface area (Å²) in [6.07, 6.45) is 3.23. The van der Waals surface area contributed by atoms with E-state index in [4.69, 9.17) is 21.1 Å². The summed E-state index contributed by atoms with van der Waals surface area (Å²) in [6, 6.07) is 16.3. The van der Waals surface area contributed by atoms with E-state index in [0.717, 1.165) is 36.3 Å². The molecule has 0 aliphatic rings. The number of hydrogen-bond acceptors (Lipinski definition) is 2. The van der Waals surface area contributed by atoms with Crippen LogP contribution in [0.3, 0.4) is 0 Å². The number of benzene rings is 2. The van der Waals surface area contributed by atoms with Crippen molar-refractivity contribution in [3.8, 4) is 11.5 Å². The van der Waals surface area contributed by atoms with Crippen LogP contribution in [0.25, 0.3) is 0 Å². The molecule has 0 N–H and O–H groups in total. The molecule has 3 heteroatoms. The molecule has 0 saturated heterocycles. The molecule has 0 aliphatic heterocycles. The number of rotatable bonds is 8. The molecule has 0 heterocycles. The summed E-state index contributed by atoms with van der Waals surface area (Å²) < 4.78 is 11.1. The van der Waals surface area contributed by atoms with Gasteiger partial charge in [-0.05, 0) is 42.5 Å². The lowest BCUT2D eigenvalue weighted by Crippen LogP contribution is -2.00. The van der Waals surface area contributed by atoms with Crippen molar-refractivity contribution in [1.29, 1.82) is 0 Å². The van der Waals surface area contributed by atoms with Gasteiger partial charge in [0.25, 0.3) is 0 Å². The summed E-state index contributed by atoms with van der Waals surface area (Å²) >= 11 is 5.82. The Labute approximate surface area is 131 Å². The average Bonchev–Trinajstić information content (AvgIpc) is 2.55. The number of halogens is 1. The van der Waals surface area contributed by atoms with Gasteiger partial charge in [0.05, 0.1) is 13.7 Å². The van der Waals surface area contributed by atoms with Crippen LogP contribution in [0.1, 0.15) is 24.0 Å². The Morgan fingerprint density at radius 2 is 1.71 bits per heavy atom. The Kier molecular flexibility index (Phi) is 6.42. The van der Waals surface area contributed by atoms with Crippen molar-refractivity contribution >= 4 is 11.6 Å². The van der Waals surface area contributed by atoms with Crippen LogP contribution in [0.2, 0.25) is 0 Å². The van der Waals surface area contributed by atoms with E-state index < -0.39 is 0 Å². The van der Waals surface area contributed by atoms with Gasteiger partial charge in [0.2, 0.25) is 0 Å². The lowest BCUT2D eigenvalue weighted by Gasteiger charge is -2.11. The summed E-state index contributed by atoms with van der Waals surface area (Å²) in [6.45, 7) is 0.698. The largest absolute Gasteiger partial charge is 0.493 e. The molecule has 0 spiro atoms. The first-order valence-electron chi connectivity index (χ1n) is 7.23. The molecule has 2 aromatic carbocycles. The van der Waals surface area contributed by atoms with Gasteiger partial charge in [0.1, 0.15) is 0 Å². The van der Waals surface area contributed by atoms with Crippen molar-refractivity contribution in [3.63, 3.8) is 0 Å². The van der Waals surface area contributed by atoms with Crippen LogP contribution in [0.4, 0.5) is 0 Å². The minimum Gasteiger partial charge on any atom is -0.493 e. The predicted molar refractivity (Wildman–Crippen MR) is 87.4 cm³/mol. The van der Waals surface area contributed by atoms with Crippen LogP contribution >= 0.6 is 11.6 Å². The molecular weight excluding hydrogens is 284 g/mol. The first-order valence-corrected chi connectivity index (χ1v) is 7.76. The second kappa shape index (κ2) is 8.58. The fourth-order valence-corrected chi connectivity index (χ4v) is 2.34. The second-order valence-corrected chi connectivity index (χ2v) is 5.18. The van der Waals surface area contributed by atoms with Gasteiger partial charge in [-0.25, -0.2) is 0 Å². The van der Waals surface area contributed by atoms with Gasteiger partial charge < -0.3 is 9.47 Å². The summed E-state index contributed by atoms with van der Waals surface area (Å²) in [7, 11) is 1.65. The third-order valence-electron chi connectivity index (χ3n) is 3.34. The van der Waals surface area contributed by atoms with Gasteiger partial charge in [0.15, 0.2) is 11.5 Å². The molecule has 0 unspecified atom stereocenters. The number of aryl methyl sites for hydroxylation is 1. The maximum absolute atomic E-state index is 5.82. The highest BCUT2D eigenvalue weighted by atomic mass is 35.5. The first-order chi connectivity index (χ1) is 10.3. The molecule has 0 aromatic heterocycles. The van der Waals surface area contributed by atoms with E-state index in [1.54, 1.807) is 7.11 Å². The number of methoxy groups -OCH3 is 1. The third kappa shape index (κ3) is 4.98. The Morgan fingerprint density at radius 3 is 2.43 bits per heavy atom. The lowest BCUT2D eigenvalue weighted by atomic mass is 10.1. The minimum atomic E-state index is 0.480. The monoisotopic (exact) mass is 304 g/mol. The Morgan fingerprint density at radius 1 is 0.905 bits per heavy atom. The standard InChI is InChI=1S/C18H21ClO2/c1-20-18-13-16(14-19)10-11-17(18)21-12-6-5-9-15-7-3-2-4-8-15/h2-4,7-8,10-11,13H,5-6,9,12,14H2,1H3. The van der Waals surface area contributed by atoms with Gasteiger partial charge in [-0.2, -0.15) is 0 Å². The molecule has 0 amide bonds. The topological polar surface area (TPSA) is 18.5 Å². The van der Waals surface area contributed by atoms with Gasteiger partial charge in [0, 0.05) is 5.88 Å². The fraction of sp³-hybridized carbons (Fsp3) is 0.333. The van der Waals surface area contributed by atoms with Crippen molar-refractivity contribution in [1.82, 2.24) is 0 Å². The fourth-order valence-electron chi connectivity index (χ4n) is 2.17. The average molecular weight is 305 g/mol. The molecule has 0 aliphatic carbocycles. The van der Waals surface area contributed by atoms with Crippen molar-refractivity contribution in [2.24, 2.45) is 0 Å². The molecule has 2 rings (SSSR count). The Balaban J connectivity index is 1.76. The lowest BCUT2D eigenvalue weighted by molar-refractivity contribution is 0.286. The van der Waals surface area contributed by atoms with E-state index in [0.29, 0.717) is 12.5 Å².